The van der Waals surface area contributed by atoms with Crippen LogP contribution in [0.25, 0.3) is 0 Å². The van der Waals surface area contributed by atoms with Crippen LogP contribution in [0.5, 0.6) is 0 Å². The lowest BCUT2D eigenvalue weighted by atomic mass is 9.93. The van der Waals surface area contributed by atoms with Gasteiger partial charge in [-0.05, 0) is 17.9 Å². The van der Waals surface area contributed by atoms with Gasteiger partial charge in [0.15, 0.2) is 0 Å². The normalized spacial score (nSPS) is 13.0. The number of carbonyl (C=O) groups excluding carboxylic acids is 2. The average molecular weight is 353 g/mol. The van der Waals surface area contributed by atoms with Crippen LogP contribution in [0.1, 0.15) is 33.6 Å². The summed E-state index contributed by atoms with van der Waals surface area (Å²) in [6.07, 6.45) is 3.81. The Bertz CT molecular complexity index is 578. The molecule has 0 bridgehead atoms. The molecule has 0 saturated carbocycles. The Morgan fingerprint density at radius 2 is 2.04 bits per heavy atom. The van der Waals surface area contributed by atoms with Crippen LogP contribution in [0.3, 0.4) is 0 Å². The van der Waals surface area contributed by atoms with E-state index in [0.717, 1.165) is 0 Å². The van der Waals surface area contributed by atoms with Crippen LogP contribution in [0.4, 0.5) is 4.39 Å². The minimum atomic E-state index is -0.925. The molecule has 0 aliphatic rings. The largest absolute Gasteiger partial charge is 0.459 e. The summed E-state index contributed by atoms with van der Waals surface area (Å²) in [5.74, 6) is -0.944. The Kier molecular flexibility index (Phi) is 10.8. The number of hydrogen-bond donors (Lipinski definition) is 2. The Morgan fingerprint density at radius 1 is 1.40 bits per heavy atom. The van der Waals surface area contributed by atoms with Crippen LogP contribution in [0, 0.1) is 5.92 Å². The number of nitrogens with zero attached hydrogens (tertiary/aromatic N) is 1. The lowest BCUT2D eigenvalue weighted by Crippen LogP contribution is -2.24. The van der Waals surface area contributed by atoms with Gasteiger partial charge in [0.05, 0.1) is 5.71 Å². The van der Waals surface area contributed by atoms with Crippen molar-refractivity contribution in [3.8, 4) is 0 Å². The Morgan fingerprint density at radius 3 is 2.48 bits per heavy atom. The lowest BCUT2D eigenvalue weighted by molar-refractivity contribution is -0.141. The number of esters is 1. The van der Waals surface area contributed by atoms with Crippen molar-refractivity contribution in [1.29, 1.82) is 0 Å². The highest BCUT2D eigenvalue weighted by Gasteiger charge is 2.17. The highest BCUT2D eigenvalue weighted by Crippen LogP contribution is 2.20. The van der Waals surface area contributed by atoms with Gasteiger partial charge in [-0.25, -0.2) is 4.39 Å². The molecular formula is C18H28FN3O3. The molecule has 0 aliphatic heterocycles. The zero-order chi connectivity index (χ0) is 19.4. The molecule has 0 saturated heterocycles. The standard InChI is InChI=1S/C18H28FN3O3/c1-6-7-17(23)25-11-16(21-5)14(9-20)15(12(2)3)10-22-18(24)13(4)8-19/h9-10,12H,4,6-8,11,20H2,1-3,5H3,(H,22,24)/b14-9?,15-10+,21-16?. The summed E-state index contributed by atoms with van der Waals surface area (Å²) in [7, 11) is 1.56. The maximum Gasteiger partial charge on any atom is 0.306 e. The molecular weight excluding hydrogens is 325 g/mol. The first-order chi connectivity index (χ1) is 11.8. The number of rotatable bonds is 10. The van der Waals surface area contributed by atoms with E-state index >= 15 is 0 Å². The quantitative estimate of drug-likeness (QED) is 0.273. The van der Waals surface area contributed by atoms with Crippen molar-refractivity contribution < 1.29 is 18.7 Å². The van der Waals surface area contributed by atoms with E-state index in [9.17, 15) is 14.0 Å². The molecule has 140 valence electrons. The van der Waals surface area contributed by atoms with E-state index < -0.39 is 12.6 Å². The fourth-order valence-corrected chi connectivity index (χ4v) is 1.91. The fourth-order valence-electron chi connectivity index (χ4n) is 1.91. The van der Waals surface area contributed by atoms with Crippen molar-refractivity contribution in [2.45, 2.75) is 33.6 Å². The predicted molar refractivity (Wildman–Crippen MR) is 97.7 cm³/mol. The van der Waals surface area contributed by atoms with E-state index in [-0.39, 0.29) is 24.1 Å². The van der Waals surface area contributed by atoms with E-state index in [1.54, 1.807) is 7.05 Å². The first kappa shape index (κ1) is 22.6. The van der Waals surface area contributed by atoms with Gasteiger partial charge in [0.2, 0.25) is 0 Å². The van der Waals surface area contributed by atoms with Crippen molar-refractivity contribution in [1.82, 2.24) is 5.32 Å². The summed E-state index contributed by atoms with van der Waals surface area (Å²) >= 11 is 0. The molecule has 0 aliphatic carbocycles. The minimum absolute atomic E-state index is 0.0168. The first-order valence-corrected chi connectivity index (χ1v) is 8.10. The second-order valence-electron chi connectivity index (χ2n) is 5.63. The number of alkyl halides is 1. The number of ether oxygens (including phenoxy) is 1. The molecule has 3 N–H and O–H groups in total. The van der Waals surface area contributed by atoms with Gasteiger partial charge in [0, 0.05) is 37.0 Å². The molecule has 25 heavy (non-hydrogen) atoms. The summed E-state index contributed by atoms with van der Waals surface area (Å²) < 4.78 is 17.7. The lowest BCUT2D eigenvalue weighted by Gasteiger charge is -2.17. The average Bonchev–Trinajstić information content (AvgIpc) is 2.59. The van der Waals surface area contributed by atoms with Gasteiger partial charge in [-0.1, -0.05) is 27.4 Å². The number of hydrogen-bond acceptors (Lipinski definition) is 5. The van der Waals surface area contributed by atoms with Gasteiger partial charge < -0.3 is 15.8 Å². The maximum atomic E-state index is 12.5. The fraction of sp³-hybridized carbons (Fsp3) is 0.500. The molecule has 0 rings (SSSR count). The number of amides is 1. The predicted octanol–water partition coefficient (Wildman–Crippen LogP) is 2.42. The summed E-state index contributed by atoms with van der Waals surface area (Å²) in [6, 6.07) is 0. The maximum absolute atomic E-state index is 12.5. The first-order valence-electron chi connectivity index (χ1n) is 8.10. The summed E-state index contributed by atoms with van der Waals surface area (Å²) in [6.45, 7) is 8.09. The molecule has 0 radical (unpaired) electrons. The molecule has 0 fully saturated rings. The SMILES string of the molecule is C=C(CF)C(=O)N/C=C(/C(=CN)C(COC(=O)CCC)=NC)C(C)C. The van der Waals surface area contributed by atoms with Crippen molar-refractivity contribution in [3.63, 3.8) is 0 Å². The molecule has 0 aromatic carbocycles. The van der Waals surface area contributed by atoms with Gasteiger partial charge in [-0.2, -0.15) is 0 Å². The van der Waals surface area contributed by atoms with Gasteiger partial charge in [-0.15, -0.1) is 0 Å². The van der Waals surface area contributed by atoms with Crippen molar-refractivity contribution >= 4 is 17.6 Å². The third-order valence-electron chi connectivity index (χ3n) is 3.35. The van der Waals surface area contributed by atoms with Crippen LogP contribution in [-0.2, 0) is 14.3 Å². The number of nitrogens with one attached hydrogen (secondary N) is 1. The molecule has 0 aromatic rings. The van der Waals surface area contributed by atoms with Gasteiger partial charge >= 0.3 is 5.97 Å². The zero-order valence-electron chi connectivity index (χ0n) is 15.4. The van der Waals surface area contributed by atoms with E-state index in [2.05, 4.69) is 16.9 Å². The molecule has 0 aromatic heterocycles. The van der Waals surface area contributed by atoms with Gasteiger partial charge in [0.1, 0.15) is 13.3 Å². The third-order valence-corrected chi connectivity index (χ3v) is 3.35. The number of halogens is 1. The van der Waals surface area contributed by atoms with Crippen LogP contribution in [-0.4, -0.2) is 37.9 Å². The van der Waals surface area contributed by atoms with Crippen molar-refractivity contribution in [2.75, 3.05) is 20.3 Å². The summed E-state index contributed by atoms with van der Waals surface area (Å²) in [4.78, 5) is 27.4. The molecule has 0 atom stereocenters. The Labute approximate surface area is 148 Å². The monoisotopic (exact) mass is 353 g/mol. The van der Waals surface area contributed by atoms with Crippen LogP contribution >= 0.6 is 0 Å². The molecule has 0 unspecified atom stereocenters. The van der Waals surface area contributed by atoms with Crippen LogP contribution in [0.2, 0.25) is 0 Å². The summed E-state index contributed by atoms with van der Waals surface area (Å²) in [5.41, 5.74) is 7.26. The topological polar surface area (TPSA) is 93.8 Å². The van der Waals surface area contributed by atoms with Gasteiger partial charge in [0.25, 0.3) is 5.91 Å². The minimum Gasteiger partial charge on any atom is -0.459 e. The second-order valence-corrected chi connectivity index (χ2v) is 5.63. The Hall–Kier alpha value is -2.44. The highest BCUT2D eigenvalue weighted by molar-refractivity contribution is 6.05. The van der Waals surface area contributed by atoms with Crippen molar-refractivity contribution in [2.24, 2.45) is 16.6 Å². The second kappa shape index (κ2) is 12.0. The number of aliphatic imine (C=N–C) groups is 1. The highest BCUT2D eigenvalue weighted by atomic mass is 19.1. The van der Waals surface area contributed by atoms with E-state index in [1.807, 2.05) is 20.8 Å². The number of allylic oxidation sites excluding steroid dienone is 1. The smallest absolute Gasteiger partial charge is 0.306 e. The molecule has 0 heterocycles. The number of nitrogens with two attached hydrogens (primary N) is 1. The summed E-state index contributed by atoms with van der Waals surface area (Å²) in [5, 5.41) is 2.49. The van der Waals surface area contributed by atoms with E-state index in [1.165, 1.54) is 12.4 Å². The molecule has 6 nitrogen and oxygen atoms in total. The van der Waals surface area contributed by atoms with Crippen LogP contribution in [0.15, 0.2) is 40.7 Å². The molecule has 7 heteroatoms. The number of carbonyl (C=O) groups is 2. The third kappa shape index (κ3) is 7.78. The Balaban J connectivity index is 5.35. The zero-order valence-corrected chi connectivity index (χ0v) is 15.4. The van der Waals surface area contributed by atoms with E-state index in [0.29, 0.717) is 29.7 Å². The van der Waals surface area contributed by atoms with Gasteiger partial charge in [-0.3, -0.25) is 14.6 Å². The van der Waals surface area contributed by atoms with Crippen LogP contribution < -0.4 is 11.1 Å². The van der Waals surface area contributed by atoms with E-state index in [4.69, 9.17) is 10.5 Å². The van der Waals surface area contributed by atoms with Crippen molar-refractivity contribution in [3.05, 3.63) is 35.7 Å². The molecule has 0 spiro atoms. The molecule has 1 amide bonds.